The predicted octanol–water partition coefficient (Wildman–Crippen LogP) is 2.09. The van der Waals surface area contributed by atoms with Crippen LogP contribution in [-0.2, 0) is 0 Å². The summed E-state index contributed by atoms with van der Waals surface area (Å²) in [5.41, 5.74) is 3.56. The van der Waals surface area contributed by atoms with Crippen molar-refractivity contribution in [1.82, 2.24) is 25.6 Å². The molecule has 0 atom stereocenters. The topological polar surface area (TPSA) is 99.4 Å². The van der Waals surface area contributed by atoms with Gasteiger partial charge < -0.3 is 5.32 Å². The van der Waals surface area contributed by atoms with Crippen molar-refractivity contribution in [2.75, 3.05) is 5.32 Å². The molecule has 4 rings (SSSR count). The first-order valence-electron chi connectivity index (χ1n) is 6.35. The first-order chi connectivity index (χ1) is 10.3. The number of carbonyl (C=O) groups excluding carboxylic acids is 1. The summed E-state index contributed by atoms with van der Waals surface area (Å²) in [6.45, 7) is 0. The minimum atomic E-state index is -0.192. The number of amides is 1. The molecule has 0 fully saturated rings. The highest BCUT2D eigenvalue weighted by Gasteiger charge is 2.09. The number of nitrogens with one attached hydrogen (secondary N) is 3. The van der Waals surface area contributed by atoms with Crippen LogP contribution in [0.1, 0.15) is 10.4 Å². The van der Waals surface area contributed by atoms with Gasteiger partial charge in [0, 0.05) is 16.6 Å². The highest BCUT2D eigenvalue weighted by Crippen LogP contribution is 2.18. The maximum atomic E-state index is 12.3. The quantitative estimate of drug-likeness (QED) is 0.522. The van der Waals surface area contributed by atoms with Crippen LogP contribution < -0.4 is 5.32 Å². The number of hydrogen-bond donors (Lipinski definition) is 3. The summed E-state index contributed by atoms with van der Waals surface area (Å²) in [4.78, 5) is 12.3. The van der Waals surface area contributed by atoms with Gasteiger partial charge in [-0.2, -0.15) is 20.5 Å². The van der Waals surface area contributed by atoms with Gasteiger partial charge in [0.25, 0.3) is 5.91 Å². The first-order valence-corrected chi connectivity index (χ1v) is 6.35. The molecule has 4 aromatic rings. The molecule has 7 nitrogen and oxygen atoms in total. The zero-order valence-electron chi connectivity index (χ0n) is 10.8. The molecule has 0 aliphatic heterocycles. The lowest BCUT2D eigenvalue weighted by Crippen LogP contribution is -2.11. The first kappa shape index (κ1) is 11.6. The Labute approximate surface area is 118 Å². The van der Waals surface area contributed by atoms with E-state index < -0.39 is 0 Å². The van der Waals surface area contributed by atoms with E-state index in [-0.39, 0.29) is 5.91 Å². The average molecular weight is 278 g/mol. The van der Waals surface area contributed by atoms with E-state index in [0.29, 0.717) is 16.8 Å². The fourth-order valence-corrected chi connectivity index (χ4v) is 2.21. The van der Waals surface area contributed by atoms with Crippen LogP contribution in [0, 0.1) is 0 Å². The van der Waals surface area contributed by atoms with Crippen LogP contribution in [0.15, 0.2) is 42.6 Å². The molecule has 0 spiro atoms. The second-order valence-corrected chi connectivity index (χ2v) is 4.65. The molecule has 3 N–H and O–H groups in total. The Morgan fingerprint density at radius 1 is 1.05 bits per heavy atom. The van der Waals surface area contributed by atoms with Crippen LogP contribution in [0.2, 0.25) is 0 Å². The van der Waals surface area contributed by atoms with Crippen LogP contribution in [0.25, 0.3) is 21.9 Å². The molecule has 2 aromatic carbocycles. The Hall–Kier alpha value is -3.22. The summed E-state index contributed by atoms with van der Waals surface area (Å²) in [5.74, 6) is -0.192. The van der Waals surface area contributed by atoms with Crippen molar-refractivity contribution in [3.05, 3.63) is 48.2 Å². The van der Waals surface area contributed by atoms with Crippen LogP contribution >= 0.6 is 0 Å². The van der Waals surface area contributed by atoms with Crippen LogP contribution in [0.3, 0.4) is 0 Å². The van der Waals surface area contributed by atoms with Gasteiger partial charge in [-0.1, -0.05) is 0 Å². The second kappa shape index (κ2) is 4.41. The maximum absolute atomic E-state index is 12.3. The van der Waals surface area contributed by atoms with Gasteiger partial charge in [0.1, 0.15) is 11.0 Å². The molecule has 0 bridgehead atoms. The third kappa shape index (κ3) is 2.00. The zero-order valence-corrected chi connectivity index (χ0v) is 10.8. The molecular formula is C14H10N6O. The van der Waals surface area contributed by atoms with Crippen LogP contribution in [0.4, 0.5) is 5.69 Å². The highest BCUT2D eigenvalue weighted by molar-refractivity contribution is 6.06. The van der Waals surface area contributed by atoms with E-state index in [2.05, 4.69) is 30.9 Å². The largest absolute Gasteiger partial charge is 0.322 e. The molecule has 21 heavy (non-hydrogen) atoms. The Morgan fingerprint density at radius 3 is 2.90 bits per heavy atom. The minimum Gasteiger partial charge on any atom is -0.322 e. The van der Waals surface area contributed by atoms with Crippen LogP contribution in [-0.4, -0.2) is 31.5 Å². The van der Waals surface area contributed by atoms with E-state index >= 15 is 0 Å². The normalized spacial score (nSPS) is 11.0. The number of aromatic amines is 2. The lowest BCUT2D eigenvalue weighted by Gasteiger charge is -2.05. The van der Waals surface area contributed by atoms with Gasteiger partial charge in [-0.3, -0.25) is 9.89 Å². The van der Waals surface area contributed by atoms with Crippen molar-refractivity contribution >= 4 is 33.5 Å². The minimum absolute atomic E-state index is 0.192. The smallest absolute Gasteiger partial charge is 0.255 e. The van der Waals surface area contributed by atoms with E-state index in [1.54, 1.807) is 24.4 Å². The number of nitrogens with zero attached hydrogens (tertiary/aromatic N) is 3. The number of anilines is 1. The molecule has 2 heterocycles. The Morgan fingerprint density at radius 2 is 1.95 bits per heavy atom. The van der Waals surface area contributed by atoms with Crippen molar-refractivity contribution in [3.63, 3.8) is 0 Å². The molecule has 1 amide bonds. The third-order valence-electron chi connectivity index (χ3n) is 3.28. The standard InChI is InChI=1S/C14H10N6O/c21-14(8-1-3-12-13(6-8)19-20-18-12)16-10-2-4-11-9(5-10)7-15-17-11/h1-7H,(H,15,17)(H,16,21)(H,18,19,20). The Kier molecular flexibility index (Phi) is 2.43. The van der Waals surface area contributed by atoms with Gasteiger partial charge in [0.15, 0.2) is 0 Å². The zero-order chi connectivity index (χ0) is 14.2. The van der Waals surface area contributed by atoms with E-state index in [9.17, 15) is 4.79 Å². The molecule has 102 valence electrons. The average Bonchev–Trinajstić information content (AvgIpc) is 3.14. The third-order valence-corrected chi connectivity index (χ3v) is 3.28. The lowest BCUT2D eigenvalue weighted by molar-refractivity contribution is 0.102. The summed E-state index contributed by atoms with van der Waals surface area (Å²) in [7, 11) is 0. The molecule has 0 aliphatic rings. The van der Waals surface area contributed by atoms with Gasteiger partial charge >= 0.3 is 0 Å². The molecule has 0 saturated carbocycles. The molecule has 2 aromatic heterocycles. The number of carbonyl (C=O) groups is 1. The van der Waals surface area contributed by atoms with Crippen LogP contribution in [0.5, 0.6) is 0 Å². The van der Waals surface area contributed by atoms with Crippen molar-refractivity contribution < 1.29 is 4.79 Å². The summed E-state index contributed by atoms with van der Waals surface area (Å²) >= 11 is 0. The number of benzene rings is 2. The fraction of sp³-hybridized carbons (Fsp3) is 0. The van der Waals surface area contributed by atoms with Gasteiger partial charge in [-0.25, -0.2) is 0 Å². The monoisotopic (exact) mass is 278 g/mol. The predicted molar refractivity (Wildman–Crippen MR) is 77.9 cm³/mol. The summed E-state index contributed by atoms with van der Waals surface area (Å²) in [6, 6.07) is 10.7. The van der Waals surface area contributed by atoms with E-state index in [1.165, 1.54) is 0 Å². The lowest BCUT2D eigenvalue weighted by atomic mass is 10.1. The van der Waals surface area contributed by atoms with Gasteiger partial charge in [-0.05, 0) is 36.4 Å². The number of H-pyrrole nitrogens is 2. The number of fused-ring (bicyclic) bond motifs is 2. The summed E-state index contributed by atoms with van der Waals surface area (Å²) < 4.78 is 0. The van der Waals surface area contributed by atoms with Crippen molar-refractivity contribution in [3.8, 4) is 0 Å². The molecule has 0 unspecified atom stereocenters. The number of aromatic nitrogens is 5. The molecular weight excluding hydrogens is 268 g/mol. The number of hydrogen-bond acceptors (Lipinski definition) is 4. The van der Waals surface area contributed by atoms with Gasteiger partial charge in [0.05, 0.1) is 11.7 Å². The van der Waals surface area contributed by atoms with E-state index in [4.69, 9.17) is 0 Å². The molecule has 0 saturated heterocycles. The SMILES string of the molecule is O=C(Nc1ccc2[nH]ncc2c1)c1ccc2n[nH]nc2c1. The molecule has 0 aliphatic carbocycles. The fourth-order valence-electron chi connectivity index (χ4n) is 2.21. The van der Waals surface area contributed by atoms with Crippen molar-refractivity contribution in [2.24, 2.45) is 0 Å². The van der Waals surface area contributed by atoms with E-state index in [0.717, 1.165) is 16.4 Å². The maximum Gasteiger partial charge on any atom is 0.255 e. The van der Waals surface area contributed by atoms with Gasteiger partial charge in [0.2, 0.25) is 0 Å². The van der Waals surface area contributed by atoms with E-state index in [1.807, 2.05) is 18.2 Å². The molecule has 0 radical (unpaired) electrons. The van der Waals surface area contributed by atoms with Gasteiger partial charge in [-0.15, -0.1) is 0 Å². The second-order valence-electron chi connectivity index (χ2n) is 4.65. The summed E-state index contributed by atoms with van der Waals surface area (Å²) in [6.07, 6.45) is 1.71. The summed E-state index contributed by atoms with van der Waals surface area (Å²) in [5, 5.41) is 21.1. The Balaban J connectivity index is 1.64. The van der Waals surface area contributed by atoms with Crippen molar-refractivity contribution in [1.29, 1.82) is 0 Å². The Bertz CT molecular complexity index is 954. The molecule has 7 heteroatoms. The number of rotatable bonds is 2. The van der Waals surface area contributed by atoms with Crippen molar-refractivity contribution in [2.45, 2.75) is 0 Å². The highest BCUT2D eigenvalue weighted by atomic mass is 16.1.